The molecule has 50 heavy (non-hydrogen) atoms. The standard InChI is InChI=1S/C30H35N5O2S2.C6H15N.C4H8/c1-3-24(2)23-33-16-18-34(19-17-33)26-11-9-25(10-12-26)22-32-39-28-13-14-29(30(21-28)35(36)37)31-15-20-38-27-7-5-4-6-8-27;1-4-6-7(3)5-2;1-3-4-2/h3-14,21,31-32H,1-2,15-20,22-23H2;4-6H2,1-3H3;3-4H,1-2H3/b;;4-3-. The van der Waals surface area contributed by atoms with Crippen LogP contribution in [-0.4, -0.2) is 79.9 Å². The second kappa shape index (κ2) is 25.4. The minimum Gasteiger partial charge on any atom is -0.379 e. The van der Waals surface area contributed by atoms with Crippen LogP contribution in [0.2, 0.25) is 0 Å². The van der Waals surface area contributed by atoms with Crippen molar-refractivity contribution >= 4 is 40.8 Å². The van der Waals surface area contributed by atoms with Crippen LogP contribution in [0.15, 0.2) is 120 Å². The lowest BCUT2D eigenvalue weighted by Crippen LogP contribution is -2.46. The minimum absolute atomic E-state index is 0.0877. The molecule has 1 heterocycles. The molecule has 1 fully saturated rings. The lowest BCUT2D eigenvalue weighted by atomic mass is 10.1. The van der Waals surface area contributed by atoms with E-state index < -0.39 is 0 Å². The van der Waals surface area contributed by atoms with E-state index in [9.17, 15) is 10.1 Å². The molecule has 0 unspecified atom stereocenters. The van der Waals surface area contributed by atoms with Crippen LogP contribution in [0.4, 0.5) is 17.1 Å². The van der Waals surface area contributed by atoms with Gasteiger partial charge in [0.15, 0.2) is 0 Å². The van der Waals surface area contributed by atoms with Crippen molar-refractivity contribution in [2.24, 2.45) is 0 Å². The molecule has 0 aliphatic carbocycles. The van der Waals surface area contributed by atoms with Crippen LogP contribution >= 0.6 is 23.7 Å². The number of benzene rings is 3. The molecular weight excluding hydrogens is 661 g/mol. The Bertz CT molecular complexity index is 1420. The summed E-state index contributed by atoms with van der Waals surface area (Å²) in [4.78, 5) is 20.5. The van der Waals surface area contributed by atoms with E-state index in [1.165, 1.54) is 42.0 Å². The predicted octanol–water partition coefficient (Wildman–Crippen LogP) is 9.39. The highest BCUT2D eigenvalue weighted by Crippen LogP contribution is 2.30. The van der Waals surface area contributed by atoms with E-state index in [1.807, 2.05) is 56.3 Å². The Morgan fingerprint density at radius 2 is 1.66 bits per heavy atom. The number of hydrogen-bond donors (Lipinski definition) is 2. The number of rotatable bonds is 17. The molecule has 8 nitrogen and oxygen atoms in total. The Morgan fingerprint density at radius 1 is 0.980 bits per heavy atom. The third kappa shape index (κ3) is 16.9. The van der Waals surface area contributed by atoms with E-state index >= 15 is 0 Å². The van der Waals surface area contributed by atoms with Crippen LogP contribution < -0.4 is 14.9 Å². The first kappa shape index (κ1) is 42.6. The average Bonchev–Trinajstić information content (AvgIpc) is 3.15. The van der Waals surface area contributed by atoms with Crippen LogP contribution in [0.3, 0.4) is 0 Å². The summed E-state index contributed by atoms with van der Waals surface area (Å²) in [5.74, 6) is 0.820. The van der Waals surface area contributed by atoms with E-state index in [-0.39, 0.29) is 10.6 Å². The maximum atomic E-state index is 11.7. The molecule has 4 rings (SSSR count). The van der Waals surface area contributed by atoms with Gasteiger partial charge in [-0.25, -0.2) is 0 Å². The largest absolute Gasteiger partial charge is 0.379 e. The van der Waals surface area contributed by atoms with Gasteiger partial charge in [-0.15, -0.1) is 11.8 Å². The van der Waals surface area contributed by atoms with Crippen molar-refractivity contribution in [2.75, 3.05) is 75.4 Å². The Labute approximate surface area is 310 Å². The van der Waals surface area contributed by atoms with Gasteiger partial charge in [0.1, 0.15) is 5.69 Å². The number of hydrogen-bond acceptors (Lipinski definition) is 9. The maximum Gasteiger partial charge on any atom is 0.293 e. The number of piperazine rings is 1. The molecule has 10 heteroatoms. The van der Waals surface area contributed by atoms with Gasteiger partial charge in [-0.3, -0.25) is 19.7 Å². The monoisotopic (exact) mass is 718 g/mol. The fraction of sp³-hybridized carbons (Fsp3) is 0.400. The van der Waals surface area contributed by atoms with Crippen molar-refractivity contribution < 1.29 is 4.92 Å². The summed E-state index contributed by atoms with van der Waals surface area (Å²) >= 11 is 3.12. The first-order chi connectivity index (χ1) is 24.2. The normalized spacial score (nSPS) is 12.9. The van der Waals surface area contributed by atoms with E-state index in [4.69, 9.17) is 0 Å². The van der Waals surface area contributed by atoms with E-state index in [2.05, 4.69) is 95.2 Å². The van der Waals surface area contributed by atoms with Crippen molar-refractivity contribution in [3.63, 3.8) is 0 Å². The first-order valence-corrected chi connectivity index (χ1v) is 19.3. The average molecular weight is 719 g/mol. The molecule has 3 aromatic rings. The molecular formula is C40H58N6O2S2. The van der Waals surface area contributed by atoms with Crippen molar-refractivity contribution in [1.82, 2.24) is 14.5 Å². The first-order valence-electron chi connectivity index (χ1n) is 17.5. The van der Waals surface area contributed by atoms with E-state index in [1.54, 1.807) is 23.9 Å². The van der Waals surface area contributed by atoms with Crippen LogP contribution in [-0.2, 0) is 6.54 Å². The molecule has 1 aliphatic rings. The predicted molar refractivity (Wildman–Crippen MR) is 220 cm³/mol. The Balaban J connectivity index is 0.000000684. The minimum atomic E-state index is -0.328. The highest BCUT2D eigenvalue weighted by atomic mass is 32.2. The third-order valence-corrected chi connectivity index (χ3v) is 9.72. The zero-order valence-electron chi connectivity index (χ0n) is 30.8. The van der Waals surface area contributed by atoms with Gasteiger partial charge in [0.05, 0.1) is 4.92 Å². The molecule has 0 aromatic heterocycles. The molecule has 1 saturated heterocycles. The molecule has 0 atom stereocenters. The zero-order chi connectivity index (χ0) is 36.6. The summed E-state index contributed by atoms with van der Waals surface area (Å²) in [6.07, 6.45) is 7.10. The molecule has 0 saturated carbocycles. The number of nitrogens with zero attached hydrogens (tertiary/aromatic N) is 4. The summed E-state index contributed by atoms with van der Waals surface area (Å²) in [7, 11) is 2.14. The van der Waals surface area contributed by atoms with Crippen molar-refractivity contribution in [3.8, 4) is 0 Å². The Hall–Kier alpha value is -3.54. The molecule has 1 aliphatic heterocycles. The summed E-state index contributed by atoms with van der Waals surface area (Å²) in [6, 6.07) is 24.1. The topological polar surface area (TPSA) is 76.9 Å². The molecule has 0 bridgehead atoms. The molecule has 0 spiro atoms. The maximum absolute atomic E-state index is 11.7. The molecule has 3 aromatic carbocycles. The second-order valence-electron chi connectivity index (χ2n) is 11.8. The van der Waals surface area contributed by atoms with Crippen LogP contribution in [0.25, 0.3) is 0 Å². The fourth-order valence-electron chi connectivity index (χ4n) is 4.83. The van der Waals surface area contributed by atoms with Gasteiger partial charge in [0.25, 0.3) is 5.69 Å². The van der Waals surface area contributed by atoms with E-state index in [0.29, 0.717) is 18.8 Å². The van der Waals surface area contributed by atoms with Gasteiger partial charge < -0.3 is 15.1 Å². The van der Waals surface area contributed by atoms with Gasteiger partial charge in [-0.1, -0.05) is 75.6 Å². The number of nitrogens with one attached hydrogen (secondary N) is 2. The quantitative estimate of drug-likeness (QED) is 0.0270. The Kier molecular flexibility index (Phi) is 21.7. The molecule has 0 amide bonds. The van der Waals surface area contributed by atoms with Crippen molar-refractivity contribution in [1.29, 1.82) is 0 Å². The lowest BCUT2D eigenvalue weighted by molar-refractivity contribution is -0.384. The zero-order valence-corrected chi connectivity index (χ0v) is 32.4. The van der Waals surface area contributed by atoms with Gasteiger partial charge >= 0.3 is 0 Å². The van der Waals surface area contributed by atoms with Crippen LogP contribution in [0.1, 0.15) is 39.7 Å². The number of allylic oxidation sites excluding steroid dienone is 2. The molecule has 0 radical (unpaired) electrons. The molecule has 272 valence electrons. The lowest BCUT2D eigenvalue weighted by Gasteiger charge is -2.36. The smallest absolute Gasteiger partial charge is 0.293 e. The van der Waals surface area contributed by atoms with Gasteiger partial charge in [-0.05, 0) is 99.9 Å². The SMILES string of the molecule is C/C=C\C.C=CC(=C)CN1CCN(c2ccc(CNSc3ccc(NCCSc4ccccc4)c([N+](=O)[O-])c3)cc2)CC1.CCCN(C)CC. The van der Waals surface area contributed by atoms with Gasteiger partial charge in [0.2, 0.25) is 0 Å². The third-order valence-electron chi connectivity index (χ3n) is 7.93. The second-order valence-corrected chi connectivity index (χ2v) is 13.9. The highest BCUT2D eigenvalue weighted by molar-refractivity contribution is 7.99. The summed E-state index contributed by atoms with van der Waals surface area (Å²) in [5.41, 5.74) is 4.09. The van der Waals surface area contributed by atoms with Crippen LogP contribution in [0.5, 0.6) is 0 Å². The summed E-state index contributed by atoms with van der Waals surface area (Å²) in [6.45, 7) is 24.8. The van der Waals surface area contributed by atoms with Crippen molar-refractivity contribution in [2.45, 2.75) is 50.5 Å². The van der Waals surface area contributed by atoms with Gasteiger partial charge in [-0.2, -0.15) is 0 Å². The fourth-order valence-corrected chi connectivity index (χ4v) is 6.33. The number of anilines is 2. The summed E-state index contributed by atoms with van der Waals surface area (Å²) in [5, 5.41) is 14.9. The number of nitro groups is 1. The van der Waals surface area contributed by atoms with Crippen LogP contribution in [0, 0.1) is 10.1 Å². The summed E-state index contributed by atoms with van der Waals surface area (Å²) < 4.78 is 3.34. The van der Waals surface area contributed by atoms with E-state index in [0.717, 1.165) is 54.5 Å². The molecule has 2 N–H and O–H groups in total. The number of thioether (sulfide) groups is 1. The number of nitro benzene ring substituents is 1. The van der Waals surface area contributed by atoms with Gasteiger partial charge in [0, 0.05) is 73.1 Å². The highest BCUT2D eigenvalue weighted by Gasteiger charge is 2.17. The van der Waals surface area contributed by atoms with Crippen molar-refractivity contribution in [3.05, 3.63) is 125 Å². The Morgan fingerprint density at radius 3 is 2.22 bits per heavy atom.